The van der Waals surface area contributed by atoms with Gasteiger partial charge in [-0.2, -0.15) is 0 Å². The fraction of sp³-hybridized carbons (Fsp3) is 0.350. The smallest absolute Gasteiger partial charge is 0.419 e. The Balaban J connectivity index is 1.58. The van der Waals surface area contributed by atoms with Gasteiger partial charge in [0.15, 0.2) is 0 Å². The number of hydrogen-bond acceptors (Lipinski definition) is 3. The van der Waals surface area contributed by atoms with Crippen LogP contribution in [-0.2, 0) is 4.74 Å². The van der Waals surface area contributed by atoms with Gasteiger partial charge in [0.25, 0.3) is 0 Å². The van der Waals surface area contributed by atoms with Gasteiger partial charge in [-0.3, -0.25) is 4.90 Å². The molecule has 24 heavy (non-hydrogen) atoms. The van der Waals surface area contributed by atoms with E-state index < -0.39 is 0 Å². The highest BCUT2D eigenvalue weighted by Gasteiger charge is 2.37. The monoisotopic (exact) mass is 322 g/mol. The Bertz CT molecular complexity index is 642. The van der Waals surface area contributed by atoms with Crippen LogP contribution in [0.1, 0.15) is 12.8 Å². The third-order valence-corrected chi connectivity index (χ3v) is 5.06. The van der Waals surface area contributed by atoms with Gasteiger partial charge in [-0.15, -0.1) is 0 Å². The van der Waals surface area contributed by atoms with Gasteiger partial charge >= 0.3 is 6.09 Å². The molecule has 2 bridgehead atoms. The normalized spacial score (nSPS) is 25.2. The minimum absolute atomic E-state index is 0.00919. The molecule has 0 radical (unpaired) electrons. The number of rotatable bonds is 3. The van der Waals surface area contributed by atoms with Crippen LogP contribution in [0, 0.1) is 5.92 Å². The molecule has 0 spiro atoms. The van der Waals surface area contributed by atoms with Crippen LogP contribution < -0.4 is 4.90 Å². The Morgan fingerprint density at radius 3 is 1.92 bits per heavy atom. The van der Waals surface area contributed by atoms with Gasteiger partial charge in [-0.1, -0.05) is 36.4 Å². The SMILES string of the molecule is O=C(O[C@@H]1CN2CCC1CC2)N(c1ccccc1)c1ccccc1. The lowest BCUT2D eigenvalue weighted by atomic mass is 9.86. The summed E-state index contributed by atoms with van der Waals surface area (Å²) < 4.78 is 5.94. The average Bonchev–Trinajstić information content (AvgIpc) is 2.65. The fourth-order valence-electron chi connectivity index (χ4n) is 3.74. The second-order valence-electron chi connectivity index (χ2n) is 6.57. The number of benzene rings is 2. The predicted molar refractivity (Wildman–Crippen MR) is 94.5 cm³/mol. The standard InChI is InChI=1S/C20H22N2O2/c23-20(24-19-15-21-13-11-16(19)12-14-21)22(17-7-3-1-4-8-17)18-9-5-2-6-10-18/h1-10,16,19H,11-15H2/t19-/m1/s1. The Morgan fingerprint density at radius 2 is 1.46 bits per heavy atom. The Morgan fingerprint density at radius 1 is 0.917 bits per heavy atom. The maximum absolute atomic E-state index is 13.0. The van der Waals surface area contributed by atoms with E-state index >= 15 is 0 Å². The summed E-state index contributed by atoms with van der Waals surface area (Å²) in [4.78, 5) is 17.0. The number of carbonyl (C=O) groups excluding carboxylic acids is 1. The third kappa shape index (κ3) is 3.02. The number of piperidine rings is 3. The van der Waals surface area contributed by atoms with E-state index in [1.165, 1.54) is 0 Å². The summed E-state index contributed by atoms with van der Waals surface area (Å²) in [6.45, 7) is 3.15. The zero-order chi connectivity index (χ0) is 16.4. The molecule has 0 saturated carbocycles. The zero-order valence-electron chi connectivity index (χ0n) is 13.7. The first-order chi connectivity index (χ1) is 11.8. The van der Waals surface area contributed by atoms with Crippen LogP contribution in [0.25, 0.3) is 0 Å². The highest BCUT2D eigenvalue weighted by atomic mass is 16.6. The molecule has 2 aromatic rings. The van der Waals surface area contributed by atoms with E-state index in [1.54, 1.807) is 4.90 Å². The van der Waals surface area contributed by atoms with Gasteiger partial charge in [0.2, 0.25) is 0 Å². The molecule has 2 aromatic carbocycles. The first-order valence-corrected chi connectivity index (χ1v) is 8.64. The fourth-order valence-corrected chi connectivity index (χ4v) is 3.74. The van der Waals surface area contributed by atoms with Crippen LogP contribution in [0.2, 0.25) is 0 Å². The lowest BCUT2D eigenvalue weighted by molar-refractivity contribution is -0.0303. The number of anilines is 2. The molecule has 1 amide bonds. The van der Waals surface area contributed by atoms with E-state index in [0.29, 0.717) is 5.92 Å². The molecule has 3 heterocycles. The summed E-state index contributed by atoms with van der Waals surface area (Å²) in [6, 6.07) is 19.4. The molecule has 1 atom stereocenters. The third-order valence-electron chi connectivity index (χ3n) is 5.06. The highest BCUT2D eigenvalue weighted by molar-refractivity contribution is 5.96. The van der Waals surface area contributed by atoms with Crippen molar-refractivity contribution >= 4 is 17.5 Å². The van der Waals surface area contributed by atoms with Crippen LogP contribution in [0.5, 0.6) is 0 Å². The Kier molecular flexibility index (Phi) is 4.22. The molecule has 124 valence electrons. The molecule has 0 aliphatic carbocycles. The van der Waals surface area contributed by atoms with Gasteiger partial charge in [-0.25, -0.2) is 9.69 Å². The van der Waals surface area contributed by atoms with Crippen LogP contribution in [-0.4, -0.2) is 36.7 Å². The van der Waals surface area contributed by atoms with E-state index in [9.17, 15) is 4.79 Å². The molecule has 3 saturated heterocycles. The number of ether oxygens (including phenoxy) is 1. The van der Waals surface area contributed by atoms with E-state index in [-0.39, 0.29) is 12.2 Å². The first-order valence-electron chi connectivity index (χ1n) is 8.64. The summed E-state index contributed by atoms with van der Waals surface area (Å²) in [5.41, 5.74) is 1.66. The number of carbonyl (C=O) groups is 1. The predicted octanol–water partition coefficient (Wildman–Crippen LogP) is 4.06. The number of para-hydroxylation sites is 2. The largest absolute Gasteiger partial charge is 0.444 e. The number of hydrogen-bond donors (Lipinski definition) is 0. The summed E-state index contributed by atoms with van der Waals surface area (Å²) in [7, 11) is 0. The summed E-state index contributed by atoms with van der Waals surface area (Å²) in [6.07, 6.45) is 1.99. The molecule has 0 aromatic heterocycles. The molecule has 0 N–H and O–H groups in total. The van der Waals surface area contributed by atoms with Crippen molar-refractivity contribution in [2.45, 2.75) is 18.9 Å². The maximum Gasteiger partial charge on any atom is 0.419 e. The first kappa shape index (κ1) is 15.2. The van der Waals surface area contributed by atoms with E-state index in [2.05, 4.69) is 4.90 Å². The summed E-state index contributed by atoms with van der Waals surface area (Å²) in [5.74, 6) is 0.507. The second-order valence-corrected chi connectivity index (χ2v) is 6.57. The van der Waals surface area contributed by atoms with Crippen molar-refractivity contribution in [3.05, 3.63) is 60.7 Å². The maximum atomic E-state index is 13.0. The van der Waals surface area contributed by atoms with Crippen molar-refractivity contribution < 1.29 is 9.53 Å². The van der Waals surface area contributed by atoms with Gasteiger partial charge in [0, 0.05) is 6.54 Å². The van der Waals surface area contributed by atoms with Crippen molar-refractivity contribution in [3.8, 4) is 0 Å². The van der Waals surface area contributed by atoms with E-state index in [1.807, 2.05) is 60.7 Å². The molecular formula is C20H22N2O2. The van der Waals surface area contributed by atoms with Gasteiger partial charge in [0.1, 0.15) is 6.10 Å². The summed E-state index contributed by atoms with van der Waals surface area (Å²) >= 11 is 0. The average molecular weight is 322 g/mol. The highest BCUT2D eigenvalue weighted by Crippen LogP contribution is 2.32. The number of fused-ring (bicyclic) bond motifs is 3. The van der Waals surface area contributed by atoms with E-state index in [4.69, 9.17) is 4.74 Å². The van der Waals surface area contributed by atoms with Crippen molar-refractivity contribution in [2.24, 2.45) is 5.92 Å². The van der Waals surface area contributed by atoms with Crippen LogP contribution in [0.4, 0.5) is 16.2 Å². The van der Waals surface area contributed by atoms with E-state index in [0.717, 1.165) is 43.9 Å². The van der Waals surface area contributed by atoms with Crippen molar-refractivity contribution in [2.75, 3.05) is 24.5 Å². The minimum atomic E-state index is -0.286. The number of nitrogens with zero attached hydrogens (tertiary/aromatic N) is 2. The molecule has 0 unspecified atom stereocenters. The molecular weight excluding hydrogens is 300 g/mol. The molecule has 5 rings (SSSR count). The van der Waals surface area contributed by atoms with Crippen molar-refractivity contribution in [1.29, 1.82) is 0 Å². The van der Waals surface area contributed by atoms with Crippen molar-refractivity contribution in [3.63, 3.8) is 0 Å². The van der Waals surface area contributed by atoms with Crippen LogP contribution in [0.3, 0.4) is 0 Å². The lowest BCUT2D eigenvalue weighted by Crippen LogP contribution is -2.52. The Labute approximate surface area is 142 Å². The topological polar surface area (TPSA) is 32.8 Å². The quantitative estimate of drug-likeness (QED) is 0.854. The van der Waals surface area contributed by atoms with Gasteiger partial charge in [-0.05, 0) is 56.1 Å². The molecule has 4 nitrogen and oxygen atoms in total. The van der Waals surface area contributed by atoms with Crippen LogP contribution in [0.15, 0.2) is 60.7 Å². The molecule has 3 aliphatic heterocycles. The van der Waals surface area contributed by atoms with Crippen LogP contribution >= 0.6 is 0 Å². The second kappa shape index (κ2) is 6.65. The Hall–Kier alpha value is -2.33. The molecule has 3 aliphatic rings. The van der Waals surface area contributed by atoms with Crippen molar-refractivity contribution in [1.82, 2.24) is 4.90 Å². The lowest BCUT2D eigenvalue weighted by Gasteiger charge is -2.44. The number of amides is 1. The zero-order valence-corrected chi connectivity index (χ0v) is 13.7. The molecule has 3 fully saturated rings. The van der Waals surface area contributed by atoms with Gasteiger partial charge in [0.05, 0.1) is 11.4 Å². The van der Waals surface area contributed by atoms with Gasteiger partial charge < -0.3 is 4.74 Å². The minimum Gasteiger partial charge on any atom is -0.444 e. The molecule has 4 heteroatoms. The summed E-state index contributed by atoms with van der Waals surface area (Å²) in [5, 5.41) is 0.